The van der Waals surface area contributed by atoms with Gasteiger partial charge in [0.25, 0.3) is 0 Å². The largest absolute Gasteiger partial charge is 0.291 e. The highest BCUT2D eigenvalue weighted by molar-refractivity contribution is 7.11. The van der Waals surface area contributed by atoms with Crippen LogP contribution in [0.15, 0.2) is 24.4 Å². The van der Waals surface area contributed by atoms with E-state index in [1.54, 1.807) is 0 Å². The molecule has 0 N–H and O–H groups in total. The third-order valence-corrected chi connectivity index (χ3v) is 5.19. The number of hydrogen-bond acceptors (Lipinski definition) is 4. The van der Waals surface area contributed by atoms with Crippen molar-refractivity contribution in [2.24, 2.45) is 0 Å². The average molecular weight is 287 g/mol. The Morgan fingerprint density at radius 1 is 1.30 bits per heavy atom. The van der Waals surface area contributed by atoms with Crippen LogP contribution in [-0.2, 0) is 19.4 Å². The van der Waals surface area contributed by atoms with E-state index < -0.39 is 0 Å². The van der Waals surface area contributed by atoms with E-state index in [4.69, 9.17) is 4.98 Å². The lowest BCUT2D eigenvalue weighted by molar-refractivity contribution is 0.248. The first-order valence-corrected chi connectivity index (χ1v) is 8.14. The zero-order chi connectivity index (χ0) is 13.9. The number of aryl methyl sites for hydroxylation is 2. The molecule has 0 aliphatic heterocycles. The van der Waals surface area contributed by atoms with Crippen LogP contribution in [0.25, 0.3) is 0 Å². The minimum Gasteiger partial charge on any atom is -0.291 e. The van der Waals surface area contributed by atoms with Gasteiger partial charge in [0.2, 0.25) is 0 Å². The molecule has 0 saturated carbocycles. The van der Waals surface area contributed by atoms with E-state index in [0.29, 0.717) is 6.04 Å². The number of fused-ring (bicyclic) bond motifs is 1. The summed E-state index contributed by atoms with van der Waals surface area (Å²) in [5.74, 6) is 0. The van der Waals surface area contributed by atoms with Crippen LogP contribution in [0.1, 0.15) is 47.1 Å². The van der Waals surface area contributed by atoms with Gasteiger partial charge in [0.05, 0.1) is 17.9 Å². The van der Waals surface area contributed by atoms with Gasteiger partial charge < -0.3 is 0 Å². The Kier molecular flexibility index (Phi) is 4.13. The van der Waals surface area contributed by atoms with Crippen molar-refractivity contribution in [3.05, 3.63) is 45.7 Å². The highest BCUT2D eigenvalue weighted by Crippen LogP contribution is 2.28. The SMILES string of the molecule is CC(c1ccccn1)N(C)Cc1nc2c(s1)CCCC2. The van der Waals surface area contributed by atoms with Gasteiger partial charge in [-0.25, -0.2) is 4.98 Å². The van der Waals surface area contributed by atoms with E-state index in [2.05, 4.69) is 36.0 Å². The molecule has 0 fully saturated rings. The molecule has 2 aromatic rings. The third kappa shape index (κ3) is 2.91. The molecule has 4 heteroatoms. The van der Waals surface area contributed by atoms with Crippen LogP contribution in [0.2, 0.25) is 0 Å². The lowest BCUT2D eigenvalue weighted by atomic mass is 10.0. The van der Waals surface area contributed by atoms with E-state index in [0.717, 1.165) is 12.2 Å². The van der Waals surface area contributed by atoms with Crippen LogP contribution in [-0.4, -0.2) is 21.9 Å². The Morgan fingerprint density at radius 2 is 2.15 bits per heavy atom. The molecular formula is C16H21N3S. The van der Waals surface area contributed by atoms with Crippen molar-refractivity contribution in [1.29, 1.82) is 0 Å². The molecule has 1 aliphatic carbocycles. The summed E-state index contributed by atoms with van der Waals surface area (Å²) in [5, 5.41) is 1.25. The summed E-state index contributed by atoms with van der Waals surface area (Å²) >= 11 is 1.90. The van der Waals surface area contributed by atoms with Crippen molar-refractivity contribution in [2.45, 2.75) is 45.2 Å². The maximum Gasteiger partial charge on any atom is 0.107 e. The van der Waals surface area contributed by atoms with Crippen LogP contribution in [0.5, 0.6) is 0 Å². The van der Waals surface area contributed by atoms with Crippen LogP contribution in [0.4, 0.5) is 0 Å². The van der Waals surface area contributed by atoms with Crippen LogP contribution in [0, 0.1) is 0 Å². The van der Waals surface area contributed by atoms with Gasteiger partial charge in [0, 0.05) is 17.1 Å². The summed E-state index contributed by atoms with van der Waals surface area (Å²) in [4.78, 5) is 13.1. The molecule has 0 bridgehead atoms. The number of nitrogens with zero attached hydrogens (tertiary/aromatic N) is 3. The molecule has 0 amide bonds. The van der Waals surface area contributed by atoms with E-state index in [9.17, 15) is 0 Å². The zero-order valence-electron chi connectivity index (χ0n) is 12.2. The third-order valence-electron chi connectivity index (χ3n) is 4.05. The van der Waals surface area contributed by atoms with Crippen LogP contribution in [0.3, 0.4) is 0 Å². The highest BCUT2D eigenvalue weighted by Gasteiger charge is 2.18. The molecule has 106 valence electrons. The van der Waals surface area contributed by atoms with Crippen molar-refractivity contribution in [1.82, 2.24) is 14.9 Å². The normalized spacial score (nSPS) is 16.1. The van der Waals surface area contributed by atoms with Crippen molar-refractivity contribution in [3.8, 4) is 0 Å². The maximum absolute atomic E-state index is 4.82. The maximum atomic E-state index is 4.82. The molecule has 20 heavy (non-hydrogen) atoms. The van der Waals surface area contributed by atoms with Gasteiger partial charge in [-0.3, -0.25) is 9.88 Å². The summed E-state index contributed by atoms with van der Waals surface area (Å²) in [6, 6.07) is 6.42. The molecule has 2 heterocycles. The standard InChI is InChI=1S/C16H21N3S/c1-12(13-7-5-6-10-17-13)19(2)11-16-18-14-8-3-4-9-15(14)20-16/h5-7,10,12H,3-4,8-9,11H2,1-2H3. The van der Waals surface area contributed by atoms with Crippen molar-refractivity contribution >= 4 is 11.3 Å². The van der Waals surface area contributed by atoms with E-state index in [-0.39, 0.29) is 0 Å². The summed E-state index contributed by atoms with van der Waals surface area (Å²) in [5.41, 5.74) is 2.48. The predicted molar refractivity (Wildman–Crippen MR) is 82.9 cm³/mol. The Morgan fingerprint density at radius 3 is 2.90 bits per heavy atom. The van der Waals surface area contributed by atoms with Crippen molar-refractivity contribution in [2.75, 3.05) is 7.05 Å². The number of pyridine rings is 1. The molecule has 0 radical (unpaired) electrons. The molecule has 1 unspecified atom stereocenters. The summed E-state index contributed by atoms with van der Waals surface area (Å²) in [6.07, 6.45) is 6.89. The first-order valence-electron chi connectivity index (χ1n) is 7.32. The summed E-state index contributed by atoms with van der Waals surface area (Å²) < 4.78 is 0. The van der Waals surface area contributed by atoms with E-state index in [1.807, 2.05) is 23.6 Å². The van der Waals surface area contributed by atoms with Crippen molar-refractivity contribution in [3.63, 3.8) is 0 Å². The Hall–Kier alpha value is -1.26. The number of aromatic nitrogens is 2. The minimum absolute atomic E-state index is 0.317. The van der Waals surface area contributed by atoms with Crippen molar-refractivity contribution < 1.29 is 0 Å². The first-order chi connectivity index (χ1) is 9.74. The molecule has 3 rings (SSSR count). The summed E-state index contributed by atoms with van der Waals surface area (Å²) in [6.45, 7) is 3.12. The van der Waals surface area contributed by atoms with Gasteiger partial charge in [-0.05, 0) is 51.8 Å². The molecule has 1 atom stereocenters. The van der Waals surface area contributed by atoms with Gasteiger partial charge in [-0.2, -0.15) is 0 Å². The predicted octanol–water partition coefficient (Wildman–Crippen LogP) is 3.61. The second-order valence-electron chi connectivity index (χ2n) is 5.53. The second-order valence-corrected chi connectivity index (χ2v) is 6.70. The highest BCUT2D eigenvalue weighted by atomic mass is 32.1. The lowest BCUT2D eigenvalue weighted by Gasteiger charge is -2.23. The van der Waals surface area contributed by atoms with Gasteiger partial charge >= 0.3 is 0 Å². The second kappa shape index (κ2) is 6.02. The molecule has 0 saturated heterocycles. The molecule has 1 aliphatic rings. The molecular weight excluding hydrogens is 266 g/mol. The summed E-state index contributed by atoms with van der Waals surface area (Å²) in [7, 11) is 2.15. The lowest BCUT2D eigenvalue weighted by Crippen LogP contribution is -2.22. The van der Waals surface area contributed by atoms with Crippen LogP contribution < -0.4 is 0 Å². The van der Waals surface area contributed by atoms with E-state index >= 15 is 0 Å². The Bertz CT molecular complexity index is 541. The molecule has 3 nitrogen and oxygen atoms in total. The van der Waals surface area contributed by atoms with E-state index in [1.165, 1.54) is 41.3 Å². The fraction of sp³-hybridized carbons (Fsp3) is 0.500. The van der Waals surface area contributed by atoms with Gasteiger partial charge in [0.1, 0.15) is 5.01 Å². The Balaban J connectivity index is 1.69. The van der Waals surface area contributed by atoms with Crippen LogP contribution >= 0.6 is 11.3 Å². The zero-order valence-corrected chi connectivity index (χ0v) is 13.0. The van der Waals surface area contributed by atoms with Gasteiger partial charge in [-0.1, -0.05) is 6.07 Å². The number of rotatable bonds is 4. The minimum atomic E-state index is 0.317. The number of thiazole rings is 1. The molecule has 2 aromatic heterocycles. The molecule has 0 spiro atoms. The smallest absolute Gasteiger partial charge is 0.107 e. The van der Waals surface area contributed by atoms with Gasteiger partial charge in [-0.15, -0.1) is 11.3 Å². The fourth-order valence-electron chi connectivity index (χ4n) is 2.67. The number of hydrogen-bond donors (Lipinski definition) is 0. The topological polar surface area (TPSA) is 29.0 Å². The monoisotopic (exact) mass is 287 g/mol. The Labute approximate surface area is 124 Å². The van der Waals surface area contributed by atoms with Gasteiger partial charge in [0.15, 0.2) is 0 Å². The first kappa shape index (κ1) is 13.7. The quantitative estimate of drug-likeness (QED) is 0.860. The fourth-order valence-corrected chi connectivity index (χ4v) is 3.89. The molecule has 0 aromatic carbocycles. The average Bonchev–Trinajstić information content (AvgIpc) is 2.89.